The maximum atomic E-state index is 12.9. The lowest BCUT2D eigenvalue weighted by Crippen LogP contribution is -2.47. The number of aromatic nitrogens is 3. The van der Waals surface area contributed by atoms with Crippen LogP contribution >= 0.6 is 0 Å². The fraction of sp³-hybridized carbons (Fsp3) is 0.600. The van der Waals surface area contributed by atoms with Gasteiger partial charge in [0.2, 0.25) is 0 Å². The highest BCUT2D eigenvalue weighted by molar-refractivity contribution is 7.91. The number of alkyl halides is 3. The average Bonchev–Trinajstić information content (AvgIpc) is 3.27. The fourth-order valence-electron chi connectivity index (χ4n) is 4.63. The Hall–Kier alpha value is -1.98. The van der Waals surface area contributed by atoms with Crippen molar-refractivity contribution in [2.75, 3.05) is 11.5 Å². The Labute approximate surface area is 178 Å². The van der Waals surface area contributed by atoms with Crippen molar-refractivity contribution in [2.45, 2.75) is 56.6 Å². The highest BCUT2D eigenvalue weighted by Gasteiger charge is 2.41. The Balaban J connectivity index is 1.49. The van der Waals surface area contributed by atoms with E-state index in [1.54, 1.807) is 10.9 Å². The van der Waals surface area contributed by atoms with E-state index >= 15 is 0 Å². The van der Waals surface area contributed by atoms with E-state index in [4.69, 9.17) is 0 Å². The summed E-state index contributed by atoms with van der Waals surface area (Å²) in [5, 5.41) is 23.0. The van der Waals surface area contributed by atoms with E-state index in [1.165, 1.54) is 12.1 Å². The molecule has 4 rings (SSSR count). The zero-order valence-electron chi connectivity index (χ0n) is 17.0. The Bertz CT molecular complexity index is 1040. The summed E-state index contributed by atoms with van der Waals surface area (Å²) >= 11 is 0. The average molecular weight is 459 g/mol. The Kier molecular flexibility index (Phi) is 5.63. The second-order valence-electron chi connectivity index (χ2n) is 8.77. The zero-order valence-corrected chi connectivity index (χ0v) is 17.8. The number of hydrogen-bond acceptors (Lipinski definition) is 6. The summed E-state index contributed by atoms with van der Waals surface area (Å²) in [7, 11) is -2.97. The van der Waals surface area contributed by atoms with Gasteiger partial charge in [0.15, 0.2) is 9.84 Å². The van der Waals surface area contributed by atoms with Gasteiger partial charge < -0.3 is 10.4 Å². The van der Waals surface area contributed by atoms with Crippen molar-refractivity contribution >= 4 is 9.84 Å². The molecule has 2 fully saturated rings. The van der Waals surface area contributed by atoms with Crippen molar-refractivity contribution in [3.8, 4) is 0 Å². The lowest BCUT2D eigenvalue weighted by Gasteiger charge is -2.40. The molecule has 2 aliphatic rings. The standard InChI is InChI=1S/C20H25F3N4O3S/c1-13-8-19(28,15-2-4-16(5-3-15)20(21,22)23)9-17(24-13)18-11-27(26-25-18)10-14-6-7-31(29,30)12-14/h2-5,11,13-14,17,24,28H,6-10,12H2,1H3/t13-,14?,17-,19?/m0/s1. The molecule has 0 spiro atoms. The molecule has 7 nitrogen and oxygen atoms in total. The maximum Gasteiger partial charge on any atom is 0.416 e. The Morgan fingerprint density at radius 3 is 2.58 bits per heavy atom. The van der Waals surface area contributed by atoms with Crippen molar-refractivity contribution in [3.05, 3.63) is 47.3 Å². The summed E-state index contributed by atoms with van der Waals surface area (Å²) < 4.78 is 63.5. The molecular weight excluding hydrogens is 433 g/mol. The first-order chi connectivity index (χ1) is 14.4. The molecule has 170 valence electrons. The van der Waals surface area contributed by atoms with Gasteiger partial charge in [0.05, 0.1) is 40.6 Å². The molecular formula is C20H25F3N4O3S. The predicted molar refractivity (Wildman–Crippen MR) is 107 cm³/mol. The van der Waals surface area contributed by atoms with E-state index in [-0.39, 0.29) is 35.9 Å². The molecule has 4 atom stereocenters. The molecule has 2 aromatic rings. The van der Waals surface area contributed by atoms with Crippen LogP contribution in [0.1, 0.15) is 49.0 Å². The summed E-state index contributed by atoms with van der Waals surface area (Å²) in [5.74, 6) is 0.345. The van der Waals surface area contributed by atoms with Gasteiger partial charge in [-0.3, -0.25) is 4.68 Å². The molecule has 0 aliphatic carbocycles. The monoisotopic (exact) mass is 458 g/mol. The molecule has 3 heterocycles. The van der Waals surface area contributed by atoms with Crippen LogP contribution in [0.3, 0.4) is 0 Å². The van der Waals surface area contributed by atoms with Crippen LogP contribution in [0.4, 0.5) is 13.2 Å². The maximum absolute atomic E-state index is 12.9. The summed E-state index contributed by atoms with van der Waals surface area (Å²) in [6.07, 6.45) is -1.50. The molecule has 1 aromatic heterocycles. The number of aliphatic hydroxyl groups is 1. The number of halogens is 3. The summed E-state index contributed by atoms with van der Waals surface area (Å²) in [6.45, 7) is 2.35. The molecule has 2 N–H and O–H groups in total. The van der Waals surface area contributed by atoms with Gasteiger partial charge in [0, 0.05) is 19.0 Å². The van der Waals surface area contributed by atoms with Crippen LogP contribution in [0.2, 0.25) is 0 Å². The second-order valence-corrected chi connectivity index (χ2v) is 11.0. The van der Waals surface area contributed by atoms with Crippen molar-refractivity contribution in [1.29, 1.82) is 0 Å². The van der Waals surface area contributed by atoms with Gasteiger partial charge in [-0.1, -0.05) is 17.3 Å². The van der Waals surface area contributed by atoms with Crippen LogP contribution < -0.4 is 5.32 Å². The van der Waals surface area contributed by atoms with Crippen molar-refractivity contribution in [3.63, 3.8) is 0 Å². The van der Waals surface area contributed by atoms with Gasteiger partial charge in [0.25, 0.3) is 0 Å². The lowest BCUT2D eigenvalue weighted by molar-refractivity contribution is -0.137. The lowest BCUT2D eigenvalue weighted by atomic mass is 9.78. The van der Waals surface area contributed by atoms with E-state index < -0.39 is 27.2 Å². The number of nitrogens with one attached hydrogen (secondary N) is 1. The predicted octanol–water partition coefficient (Wildman–Crippen LogP) is 2.43. The van der Waals surface area contributed by atoms with Crippen LogP contribution in [0.25, 0.3) is 0 Å². The highest BCUT2D eigenvalue weighted by Crippen LogP contribution is 2.40. The third-order valence-corrected chi connectivity index (χ3v) is 7.94. The van der Waals surface area contributed by atoms with Gasteiger partial charge in [-0.25, -0.2) is 8.42 Å². The minimum absolute atomic E-state index is 0.00173. The number of hydrogen-bond donors (Lipinski definition) is 2. The minimum Gasteiger partial charge on any atom is -0.385 e. The minimum atomic E-state index is -4.43. The van der Waals surface area contributed by atoms with Crippen molar-refractivity contribution in [2.24, 2.45) is 5.92 Å². The van der Waals surface area contributed by atoms with Gasteiger partial charge in [-0.05, 0) is 43.4 Å². The van der Waals surface area contributed by atoms with Gasteiger partial charge in [-0.2, -0.15) is 13.2 Å². The van der Waals surface area contributed by atoms with Crippen LogP contribution in [-0.4, -0.2) is 46.1 Å². The Morgan fingerprint density at radius 2 is 1.97 bits per heavy atom. The first kappa shape index (κ1) is 22.2. The van der Waals surface area contributed by atoms with E-state index in [0.717, 1.165) is 12.1 Å². The van der Waals surface area contributed by atoms with Crippen molar-refractivity contribution in [1.82, 2.24) is 20.3 Å². The number of nitrogens with zero attached hydrogens (tertiary/aromatic N) is 3. The van der Waals surface area contributed by atoms with Crippen LogP contribution in [0.5, 0.6) is 0 Å². The number of sulfone groups is 1. The molecule has 2 saturated heterocycles. The molecule has 31 heavy (non-hydrogen) atoms. The van der Waals surface area contributed by atoms with E-state index in [9.17, 15) is 26.7 Å². The van der Waals surface area contributed by atoms with Crippen LogP contribution in [0.15, 0.2) is 30.5 Å². The number of benzene rings is 1. The fourth-order valence-corrected chi connectivity index (χ4v) is 6.48. The smallest absolute Gasteiger partial charge is 0.385 e. The SMILES string of the molecule is C[C@H]1CC(O)(c2ccc(C(F)(F)F)cc2)C[C@@H](c2cn(CC3CCS(=O)(=O)C3)nn2)N1. The Morgan fingerprint density at radius 1 is 1.26 bits per heavy atom. The summed E-state index contributed by atoms with van der Waals surface area (Å²) in [4.78, 5) is 0. The third-order valence-electron chi connectivity index (χ3n) is 6.11. The quantitative estimate of drug-likeness (QED) is 0.731. The highest BCUT2D eigenvalue weighted by atomic mass is 32.2. The largest absolute Gasteiger partial charge is 0.416 e. The van der Waals surface area contributed by atoms with E-state index in [2.05, 4.69) is 15.6 Å². The second kappa shape index (κ2) is 7.86. The molecule has 2 aliphatic heterocycles. The molecule has 2 unspecified atom stereocenters. The molecule has 0 amide bonds. The third kappa shape index (κ3) is 4.93. The van der Waals surface area contributed by atoms with Gasteiger partial charge >= 0.3 is 6.18 Å². The first-order valence-electron chi connectivity index (χ1n) is 10.2. The number of piperidine rings is 1. The molecule has 1 aromatic carbocycles. The summed E-state index contributed by atoms with van der Waals surface area (Å²) in [6, 6.07) is 4.19. The molecule has 0 radical (unpaired) electrons. The topological polar surface area (TPSA) is 97.1 Å². The summed E-state index contributed by atoms with van der Waals surface area (Å²) in [5.41, 5.74) is -1.02. The van der Waals surface area contributed by atoms with Crippen molar-refractivity contribution < 1.29 is 26.7 Å². The van der Waals surface area contributed by atoms with Crippen LogP contribution in [-0.2, 0) is 28.2 Å². The molecule has 11 heteroatoms. The van der Waals surface area contributed by atoms with E-state index in [1.807, 2.05) is 6.92 Å². The first-order valence-corrected chi connectivity index (χ1v) is 12.0. The molecule has 0 saturated carbocycles. The zero-order chi connectivity index (χ0) is 22.4. The van der Waals surface area contributed by atoms with Gasteiger partial charge in [-0.15, -0.1) is 5.10 Å². The number of rotatable bonds is 4. The normalized spacial score (nSPS) is 31.1. The molecule has 0 bridgehead atoms. The van der Waals surface area contributed by atoms with Crippen LogP contribution in [0, 0.1) is 5.92 Å². The van der Waals surface area contributed by atoms with E-state index in [0.29, 0.717) is 30.6 Å². The van der Waals surface area contributed by atoms with Gasteiger partial charge in [0.1, 0.15) is 0 Å².